The highest BCUT2D eigenvalue weighted by Gasteiger charge is 2.42. The molecule has 0 bridgehead atoms. The molecule has 1 aliphatic rings. The summed E-state index contributed by atoms with van der Waals surface area (Å²) in [6.45, 7) is 12.3. The molecule has 0 saturated heterocycles. The Bertz CT molecular complexity index is 817. The van der Waals surface area contributed by atoms with Gasteiger partial charge in [0.15, 0.2) is 0 Å². The van der Waals surface area contributed by atoms with Gasteiger partial charge in [0.2, 0.25) is 6.10 Å². The Balaban J connectivity index is 2.05. The zero-order chi connectivity index (χ0) is 19.0. The van der Waals surface area contributed by atoms with Crippen LogP contribution in [0.3, 0.4) is 0 Å². The normalized spacial score (nSPS) is 16.3. The van der Waals surface area contributed by atoms with E-state index in [0.29, 0.717) is 0 Å². The number of fused-ring (bicyclic) bond motifs is 1. The van der Waals surface area contributed by atoms with E-state index >= 15 is 0 Å². The van der Waals surface area contributed by atoms with Gasteiger partial charge in [-0.2, -0.15) is 0 Å². The molecule has 0 fully saturated rings. The molecular formula is C22H28N2O2. The maximum atomic E-state index is 13.3. The molecule has 1 aromatic carbocycles. The predicted molar refractivity (Wildman–Crippen MR) is 105 cm³/mol. The second kappa shape index (κ2) is 7.10. The zero-order valence-corrected chi connectivity index (χ0v) is 16.6. The number of anilines is 1. The molecule has 4 heteroatoms. The summed E-state index contributed by atoms with van der Waals surface area (Å²) in [5.41, 5.74) is 6.03. The number of nitrogens with zero attached hydrogens (tertiary/aromatic N) is 2. The molecule has 1 aliphatic heterocycles. The number of aryl methyl sites for hydroxylation is 4. The molecular weight excluding hydrogens is 324 g/mol. The fraction of sp³-hybridized carbons (Fsp3) is 0.455. The average molecular weight is 352 g/mol. The van der Waals surface area contributed by atoms with Crippen LogP contribution in [0.2, 0.25) is 0 Å². The minimum absolute atomic E-state index is 0.0143. The van der Waals surface area contributed by atoms with E-state index in [1.807, 2.05) is 31.7 Å². The first-order valence-electron chi connectivity index (χ1n) is 9.41. The number of pyridine rings is 1. The van der Waals surface area contributed by atoms with Gasteiger partial charge >= 0.3 is 0 Å². The number of carbonyl (C=O) groups is 1. The van der Waals surface area contributed by atoms with Crippen molar-refractivity contribution in [3.8, 4) is 5.75 Å². The monoisotopic (exact) mass is 352 g/mol. The van der Waals surface area contributed by atoms with Crippen molar-refractivity contribution in [2.75, 3.05) is 4.90 Å². The Kier molecular flexibility index (Phi) is 5.03. The third-order valence-corrected chi connectivity index (χ3v) is 5.20. The first-order valence-corrected chi connectivity index (χ1v) is 9.41. The lowest BCUT2D eigenvalue weighted by molar-refractivity contribution is -0.125. The van der Waals surface area contributed by atoms with E-state index in [2.05, 4.69) is 37.9 Å². The molecule has 138 valence electrons. The Labute approximate surface area is 156 Å². The van der Waals surface area contributed by atoms with E-state index in [9.17, 15) is 4.79 Å². The highest BCUT2D eigenvalue weighted by atomic mass is 16.5. The number of aromatic nitrogens is 1. The molecule has 1 amide bonds. The number of carbonyl (C=O) groups excluding carboxylic acids is 1. The lowest BCUT2D eigenvalue weighted by atomic mass is 10.1. The van der Waals surface area contributed by atoms with Crippen molar-refractivity contribution in [2.24, 2.45) is 0 Å². The molecule has 1 aromatic heterocycles. The number of benzene rings is 1. The Morgan fingerprint density at radius 3 is 2.27 bits per heavy atom. The minimum atomic E-state index is -0.626. The molecule has 4 nitrogen and oxygen atoms in total. The quantitative estimate of drug-likeness (QED) is 0.763. The van der Waals surface area contributed by atoms with Crippen molar-refractivity contribution >= 4 is 11.6 Å². The second-order valence-electron chi connectivity index (χ2n) is 7.29. The summed E-state index contributed by atoms with van der Waals surface area (Å²) in [6, 6.07) is 6.37. The van der Waals surface area contributed by atoms with Crippen LogP contribution in [0.15, 0.2) is 24.4 Å². The summed E-state index contributed by atoms with van der Waals surface area (Å²) in [4.78, 5) is 19.6. The smallest absolute Gasteiger partial charge is 0.273 e. The van der Waals surface area contributed by atoms with Crippen molar-refractivity contribution in [3.63, 3.8) is 0 Å². The number of rotatable bonds is 5. The Morgan fingerprint density at radius 1 is 1.08 bits per heavy atom. The maximum absolute atomic E-state index is 13.3. The molecule has 0 saturated carbocycles. The van der Waals surface area contributed by atoms with Gasteiger partial charge in [-0.3, -0.25) is 9.78 Å². The largest absolute Gasteiger partial charge is 0.475 e. The molecule has 0 spiro atoms. The summed E-state index contributed by atoms with van der Waals surface area (Å²) in [7, 11) is 0. The van der Waals surface area contributed by atoms with Gasteiger partial charge in [0.1, 0.15) is 5.75 Å². The molecule has 26 heavy (non-hydrogen) atoms. The highest BCUT2D eigenvalue weighted by molar-refractivity contribution is 6.04. The van der Waals surface area contributed by atoms with Crippen LogP contribution in [-0.2, 0) is 4.79 Å². The van der Waals surface area contributed by atoms with Gasteiger partial charge in [0, 0.05) is 23.5 Å². The first-order chi connectivity index (χ1) is 12.4. The Morgan fingerprint density at radius 2 is 1.69 bits per heavy atom. The summed E-state index contributed by atoms with van der Waals surface area (Å²) in [6.07, 6.45) is 3.00. The van der Waals surface area contributed by atoms with Gasteiger partial charge in [0.05, 0.1) is 5.69 Å². The van der Waals surface area contributed by atoms with Gasteiger partial charge in [-0.05, 0) is 57.7 Å². The van der Waals surface area contributed by atoms with Crippen LogP contribution in [0.5, 0.6) is 5.75 Å². The Hall–Kier alpha value is -2.36. The van der Waals surface area contributed by atoms with Gasteiger partial charge in [-0.15, -0.1) is 0 Å². The van der Waals surface area contributed by atoms with Crippen LogP contribution in [-0.4, -0.2) is 16.9 Å². The van der Waals surface area contributed by atoms with E-state index in [-0.39, 0.29) is 11.9 Å². The van der Waals surface area contributed by atoms with E-state index in [1.165, 1.54) is 5.56 Å². The lowest BCUT2D eigenvalue weighted by Crippen LogP contribution is -2.39. The summed E-state index contributed by atoms with van der Waals surface area (Å²) in [5, 5.41) is 0. The zero-order valence-electron chi connectivity index (χ0n) is 16.6. The van der Waals surface area contributed by atoms with Gasteiger partial charge in [-0.1, -0.05) is 31.5 Å². The minimum Gasteiger partial charge on any atom is -0.475 e. The number of hydrogen-bond acceptors (Lipinski definition) is 3. The van der Waals surface area contributed by atoms with Crippen LogP contribution in [0, 0.1) is 27.7 Å². The van der Waals surface area contributed by atoms with Crippen LogP contribution in [0.4, 0.5) is 5.69 Å². The van der Waals surface area contributed by atoms with Crippen LogP contribution < -0.4 is 9.64 Å². The average Bonchev–Trinajstić information content (AvgIpc) is 2.84. The maximum Gasteiger partial charge on any atom is 0.273 e. The molecule has 0 radical (unpaired) electrons. The second-order valence-corrected chi connectivity index (χ2v) is 7.29. The number of ether oxygens (including phenoxy) is 1. The van der Waals surface area contributed by atoms with E-state index in [1.54, 1.807) is 6.20 Å². The van der Waals surface area contributed by atoms with Crippen LogP contribution in [0.1, 0.15) is 60.7 Å². The van der Waals surface area contributed by atoms with Crippen LogP contribution in [0.25, 0.3) is 0 Å². The van der Waals surface area contributed by atoms with E-state index in [4.69, 9.17) is 4.74 Å². The summed E-state index contributed by atoms with van der Waals surface area (Å²) in [5.74, 6) is 0.812. The highest BCUT2D eigenvalue weighted by Crippen LogP contribution is 2.42. The van der Waals surface area contributed by atoms with E-state index < -0.39 is 6.10 Å². The van der Waals surface area contributed by atoms with Crippen molar-refractivity contribution in [1.29, 1.82) is 0 Å². The van der Waals surface area contributed by atoms with Crippen molar-refractivity contribution in [2.45, 2.75) is 66.5 Å². The predicted octanol–water partition coefficient (Wildman–Crippen LogP) is 4.97. The standard InChI is InChI=1S/C22H28N2O2/c1-7-17(8-2)24-19-11-16(6)23-12-18(19)21(22(24)25)26-20-14(4)9-13(3)10-15(20)5/h9-12,17,21H,7-8H2,1-6H3. The molecule has 2 heterocycles. The summed E-state index contributed by atoms with van der Waals surface area (Å²) < 4.78 is 6.31. The van der Waals surface area contributed by atoms with Gasteiger partial charge < -0.3 is 9.64 Å². The van der Waals surface area contributed by atoms with Gasteiger partial charge in [0.25, 0.3) is 5.91 Å². The third kappa shape index (κ3) is 3.09. The van der Waals surface area contributed by atoms with Crippen molar-refractivity contribution in [1.82, 2.24) is 4.98 Å². The number of amides is 1. The topological polar surface area (TPSA) is 42.4 Å². The molecule has 3 rings (SSSR count). The van der Waals surface area contributed by atoms with E-state index in [0.717, 1.165) is 46.7 Å². The third-order valence-electron chi connectivity index (χ3n) is 5.20. The SMILES string of the molecule is CCC(CC)N1C(=O)C(Oc2c(C)cc(C)cc2C)c2cnc(C)cc21. The molecule has 1 atom stereocenters. The molecule has 1 unspecified atom stereocenters. The number of hydrogen-bond donors (Lipinski definition) is 0. The molecule has 0 aliphatic carbocycles. The van der Waals surface area contributed by atoms with Crippen LogP contribution >= 0.6 is 0 Å². The van der Waals surface area contributed by atoms with Crippen molar-refractivity contribution < 1.29 is 9.53 Å². The molecule has 0 N–H and O–H groups in total. The van der Waals surface area contributed by atoms with Crippen molar-refractivity contribution in [3.05, 3.63) is 52.3 Å². The molecule has 2 aromatic rings. The first kappa shape index (κ1) is 18.4. The summed E-state index contributed by atoms with van der Waals surface area (Å²) >= 11 is 0. The fourth-order valence-electron chi connectivity index (χ4n) is 3.96. The van der Waals surface area contributed by atoms with Gasteiger partial charge in [-0.25, -0.2) is 0 Å². The lowest BCUT2D eigenvalue weighted by Gasteiger charge is -2.27. The fourth-order valence-corrected chi connectivity index (χ4v) is 3.96.